The molecule has 1 aromatic heterocycles. The Balaban J connectivity index is 1.49. The molecule has 3 aromatic rings. The summed E-state index contributed by atoms with van der Waals surface area (Å²) >= 11 is 7.76. The van der Waals surface area contributed by atoms with Crippen molar-refractivity contribution in [3.8, 4) is 11.4 Å². The number of rotatable bonds is 7. The van der Waals surface area contributed by atoms with Gasteiger partial charge < -0.3 is 4.74 Å². The third kappa shape index (κ3) is 4.24. The highest BCUT2D eigenvalue weighted by Gasteiger charge is 2.08. The van der Waals surface area contributed by atoms with E-state index in [9.17, 15) is 0 Å². The number of para-hydroxylation sites is 2. The van der Waals surface area contributed by atoms with Crippen molar-refractivity contribution in [2.24, 2.45) is 0 Å². The van der Waals surface area contributed by atoms with Crippen molar-refractivity contribution >= 4 is 23.4 Å². The summed E-state index contributed by atoms with van der Waals surface area (Å²) in [7, 11) is 0. The lowest BCUT2D eigenvalue weighted by molar-refractivity contribution is 0.344. The van der Waals surface area contributed by atoms with Gasteiger partial charge in [0.2, 0.25) is 0 Å². The smallest absolute Gasteiger partial charge is 0.166 e. The largest absolute Gasteiger partial charge is 0.491 e. The normalized spacial score (nSPS) is 10.7. The Labute approximate surface area is 143 Å². The molecular formula is C16H15ClN4OS. The SMILES string of the molecule is Clc1ccccc1OCCSCc1nnnn1-c1ccccc1. The molecule has 3 rings (SSSR count). The second-order valence-corrected chi connectivity index (χ2v) is 6.19. The number of aromatic nitrogens is 4. The summed E-state index contributed by atoms with van der Waals surface area (Å²) in [6.45, 7) is 0.585. The molecule has 0 saturated heterocycles. The van der Waals surface area contributed by atoms with E-state index in [2.05, 4.69) is 15.5 Å². The average Bonchev–Trinajstić information content (AvgIpc) is 3.05. The lowest BCUT2D eigenvalue weighted by Gasteiger charge is -2.07. The van der Waals surface area contributed by atoms with E-state index >= 15 is 0 Å². The zero-order valence-corrected chi connectivity index (χ0v) is 13.9. The highest BCUT2D eigenvalue weighted by molar-refractivity contribution is 7.98. The summed E-state index contributed by atoms with van der Waals surface area (Å²) in [5.41, 5.74) is 0.959. The fourth-order valence-electron chi connectivity index (χ4n) is 2.00. The summed E-state index contributed by atoms with van der Waals surface area (Å²) < 4.78 is 7.41. The molecule has 1 heterocycles. The minimum absolute atomic E-state index is 0.585. The highest BCUT2D eigenvalue weighted by Crippen LogP contribution is 2.23. The van der Waals surface area contributed by atoms with Crippen LogP contribution in [0, 0.1) is 0 Å². The van der Waals surface area contributed by atoms with E-state index in [1.54, 1.807) is 16.4 Å². The van der Waals surface area contributed by atoms with E-state index in [1.165, 1.54) is 0 Å². The first kappa shape index (κ1) is 15.8. The number of thioether (sulfide) groups is 1. The number of hydrogen-bond acceptors (Lipinski definition) is 5. The minimum Gasteiger partial charge on any atom is -0.491 e. The molecule has 0 unspecified atom stereocenters. The van der Waals surface area contributed by atoms with Gasteiger partial charge in [0, 0.05) is 5.75 Å². The first-order valence-corrected chi connectivity index (χ1v) is 8.65. The lowest BCUT2D eigenvalue weighted by Crippen LogP contribution is -2.04. The molecule has 23 heavy (non-hydrogen) atoms. The summed E-state index contributed by atoms with van der Waals surface area (Å²) in [5, 5.41) is 12.5. The van der Waals surface area contributed by atoms with Crippen molar-refractivity contribution in [3.05, 3.63) is 65.4 Å². The van der Waals surface area contributed by atoms with Crippen molar-refractivity contribution in [2.45, 2.75) is 5.75 Å². The van der Waals surface area contributed by atoms with Gasteiger partial charge in [-0.1, -0.05) is 41.9 Å². The van der Waals surface area contributed by atoms with Gasteiger partial charge in [-0.3, -0.25) is 0 Å². The number of halogens is 1. The van der Waals surface area contributed by atoms with Crippen LogP contribution in [-0.4, -0.2) is 32.6 Å². The Morgan fingerprint density at radius 2 is 1.83 bits per heavy atom. The van der Waals surface area contributed by atoms with Gasteiger partial charge in [-0.15, -0.1) is 5.10 Å². The summed E-state index contributed by atoms with van der Waals surface area (Å²) in [6.07, 6.45) is 0. The summed E-state index contributed by atoms with van der Waals surface area (Å²) in [4.78, 5) is 0. The third-order valence-corrected chi connectivity index (χ3v) is 4.32. The Kier molecular flexibility index (Phi) is 5.50. The molecule has 0 spiro atoms. The van der Waals surface area contributed by atoms with Crippen LogP contribution < -0.4 is 4.74 Å². The van der Waals surface area contributed by atoms with Crippen LogP contribution in [0.4, 0.5) is 0 Å². The molecule has 5 nitrogen and oxygen atoms in total. The van der Waals surface area contributed by atoms with Crippen molar-refractivity contribution in [3.63, 3.8) is 0 Å². The highest BCUT2D eigenvalue weighted by atomic mass is 35.5. The fourth-order valence-corrected chi connectivity index (χ4v) is 2.90. The summed E-state index contributed by atoms with van der Waals surface area (Å²) in [6, 6.07) is 17.3. The van der Waals surface area contributed by atoms with Gasteiger partial charge in [-0.25, -0.2) is 0 Å². The van der Waals surface area contributed by atoms with Crippen LogP contribution in [0.15, 0.2) is 54.6 Å². The predicted octanol–water partition coefficient (Wildman–Crippen LogP) is 3.63. The van der Waals surface area contributed by atoms with E-state index in [0.717, 1.165) is 17.3 Å². The Bertz CT molecular complexity index is 751. The van der Waals surface area contributed by atoms with Crippen LogP contribution in [0.25, 0.3) is 5.69 Å². The molecule has 0 aliphatic carbocycles. The molecular weight excluding hydrogens is 332 g/mol. The molecule has 0 fully saturated rings. The van der Waals surface area contributed by atoms with Crippen LogP contribution in [0.3, 0.4) is 0 Å². The maximum atomic E-state index is 6.05. The molecule has 0 amide bonds. The summed E-state index contributed by atoms with van der Waals surface area (Å²) in [5.74, 6) is 3.07. The van der Waals surface area contributed by atoms with Crippen LogP contribution >= 0.6 is 23.4 Å². The van der Waals surface area contributed by atoms with Gasteiger partial charge in [0.15, 0.2) is 5.82 Å². The van der Waals surface area contributed by atoms with E-state index in [0.29, 0.717) is 23.1 Å². The second-order valence-electron chi connectivity index (χ2n) is 4.67. The van der Waals surface area contributed by atoms with Crippen molar-refractivity contribution in [1.29, 1.82) is 0 Å². The predicted molar refractivity (Wildman–Crippen MR) is 92.3 cm³/mol. The molecule has 0 aliphatic rings. The van der Waals surface area contributed by atoms with E-state index < -0.39 is 0 Å². The molecule has 0 radical (unpaired) electrons. The maximum Gasteiger partial charge on any atom is 0.166 e. The number of nitrogens with zero attached hydrogens (tertiary/aromatic N) is 4. The van der Waals surface area contributed by atoms with Crippen LogP contribution in [0.5, 0.6) is 5.75 Å². The molecule has 2 aromatic carbocycles. The molecule has 0 N–H and O–H groups in total. The molecule has 0 atom stereocenters. The van der Waals surface area contributed by atoms with Crippen LogP contribution in [-0.2, 0) is 5.75 Å². The number of tetrazole rings is 1. The van der Waals surface area contributed by atoms with Gasteiger partial charge in [-0.2, -0.15) is 16.4 Å². The lowest BCUT2D eigenvalue weighted by atomic mass is 10.3. The first-order chi connectivity index (χ1) is 11.3. The Morgan fingerprint density at radius 1 is 1.04 bits per heavy atom. The third-order valence-electron chi connectivity index (χ3n) is 3.09. The van der Waals surface area contributed by atoms with Crippen molar-refractivity contribution in [2.75, 3.05) is 12.4 Å². The molecule has 0 aliphatic heterocycles. The van der Waals surface area contributed by atoms with Gasteiger partial charge in [0.05, 0.1) is 23.1 Å². The average molecular weight is 347 g/mol. The van der Waals surface area contributed by atoms with Gasteiger partial charge in [-0.05, 0) is 34.7 Å². The monoisotopic (exact) mass is 346 g/mol. The second kappa shape index (κ2) is 7.99. The quantitative estimate of drug-likeness (QED) is 0.611. The van der Waals surface area contributed by atoms with Crippen LogP contribution in [0.2, 0.25) is 5.02 Å². The van der Waals surface area contributed by atoms with E-state index in [1.807, 2.05) is 54.6 Å². The number of hydrogen-bond donors (Lipinski definition) is 0. The maximum absolute atomic E-state index is 6.05. The number of ether oxygens (including phenoxy) is 1. The van der Waals surface area contributed by atoms with Crippen LogP contribution in [0.1, 0.15) is 5.82 Å². The topological polar surface area (TPSA) is 52.8 Å². The van der Waals surface area contributed by atoms with Gasteiger partial charge in [0.1, 0.15) is 5.75 Å². The van der Waals surface area contributed by atoms with Crippen molar-refractivity contribution in [1.82, 2.24) is 20.2 Å². The Morgan fingerprint density at radius 3 is 2.65 bits per heavy atom. The fraction of sp³-hybridized carbons (Fsp3) is 0.188. The standard InChI is InChI=1S/C16H15ClN4OS/c17-14-8-4-5-9-15(14)22-10-11-23-12-16-18-19-20-21(16)13-6-2-1-3-7-13/h1-9H,10-12H2. The van der Waals surface area contributed by atoms with E-state index in [4.69, 9.17) is 16.3 Å². The molecule has 0 saturated carbocycles. The van der Waals surface area contributed by atoms with Crippen molar-refractivity contribution < 1.29 is 4.74 Å². The first-order valence-electron chi connectivity index (χ1n) is 7.12. The Hall–Kier alpha value is -2.05. The number of benzene rings is 2. The zero-order chi connectivity index (χ0) is 15.9. The minimum atomic E-state index is 0.585. The molecule has 118 valence electrons. The van der Waals surface area contributed by atoms with Gasteiger partial charge in [0.25, 0.3) is 0 Å². The molecule has 0 bridgehead atoms. The molecule has 7 heteroatoms. The van der Waals surface area contributed by atoms with Gasteiger partial charge >= 0.3 is 0 Å². The zero-order valence-electron chi connectivity index (χ0n) is 12.3. The van der Waals surface area contributed by atoms with E-state index in [-0.39, 0.29) is 0 Å².